The third-order valence-electron chi connectivity index (χ3n) is 3.26. The topological polar surface area (TPSA) is 9.23 Å². The van der Waals surface area contributed by atoms with E-state index in [2.05, 4.69) is 39.5 Å². The van der Waals surface area contributed by atoms with Gasteiger partial charge in [0.2, 0.25) is 0 Å². The Balaban J connectivity index is 2.56. The van der Waals surface area contributed by atoms with Gasteiger partial charge < -0.3 is 4.74 Å². The van der Waals surface area contributed by atoms with Gasteiger partial charge in [-0.25, -0.2) is 0 Å². The Morgan fingerprint density at radius 1 is 1.27 bits per heavy atom. The molecule has 1 nitrogen and oxygen atoms in total. The van der Waals surface area contributed by atoms with Crippen molar-refractivity contribution in [3.8, 4) is 0 Å². The maximum atomic E-state index is 5.74. The zero-order valence-electron chi connectivity index (χ0n) is 9.76. The fourth-order valence-electron chi connectivity index (χ4n) is 2.63. The molecule has 0 aliphatic carbocycles. The van der Waals surface area contributed by atoms with E-state index in [9.17, 15) is 0 Å². The van der Waals surface area contributed by atoms with Crippen LogP contribution in [0.2, 0.25) is 0 Å². The smallest absolute Gasteiger partial charge is 0.114 e. The number of benzene rings is 1. The predicted molar refractivity (Wildman–Crippen MR) is 63.1 cm³/mol. The van der Waals surface area contributed by atoms with Crippen LogP contribution in [0.4, 0.5) is 0 Å². The van der Waals surface area contributed by atoms with E-state index >= 15 is 0 Å². The number of aryl methyl sites for hydroxylation is 3. The average Bonchev–Trinajstić information content (AvgIpc) is 2.07. The molecule has 1 heterocycles. The Morgan fingerprint density at radius 2 is 1.80 bits per heavy atom. The van der Waals surface area contributed by atoms with Crippen LogP contribution >= 0.6 is 0 Å². The quantitative estimate of drug-likeness (QED) is 0.668. The van der Waals surface area contributed by atoms with Crippen LogP contribution in [0.15, 0.2) is 24.8 Å². The van der Waals surface area contributed by atoms with Crippen molar-refractivity contribution in [2.75, 3.05) is 6.61 Å². The number of hydrogen-bond acceptors (Lipinski definition) is 1. The van der Waals surface area contributed by atoms with E-state index < -0.39 is 0 Å². The van der Waals surface area contributed by atoms with Gasteiger partial charge in [-0.3, -0.25) is 0 Å². The van der Waals surface area contributed by atoms with Crippen molar-refractivity contribution in [1.82, 2.24) is 0 Å². The molecule has 15 heavy (non-hydrogen) atoms. The lowest BCUT2D eigenvalue weighted by Gasteiger charge is -2.41. The first-order chi connectivity index (χ1) is 7.09. The summed E-state index contributed by atoms with van der Waals surface area (Å²) in [6.45, 7) is 11.2. The first kappa shape index (κ1) is 10.4. The molecule has 0 radical (unpaired) electrons. The van der Waals surface area contributed by atoms with Gasteiger partial charge in [0.05, 0.1) is 6.61 Å². The molecule has 1 unspecified atom stereocenters. The largest absolute Gasteiger partial charge is 0.366 e. The number of rotatable bonds is 2. The van der Waals surface area contributed by atoms with Crippen LogP contribution in [-0.2, 0) is 10.3 Å². The molecule has 1 aromatic rings. The van der Waals surface area contributed by atoms with Gasteiger partial charge in [0.15, 0.2) is 0 Å². The van der Waals surface area contributed by atoms with Crippen molar-refractivity contribution in [3.05, 3.63) is 47.0 Å². The highest BCUT2D eigenvalue weighted by Gasteiger charge is 2.39. The molecule has 0 aromatic heterocycles. The van der Waals surface area contributed by atoms with E-state index in [1.807, 2.05) is 6.08 Å². The van der Waals surface area contributed by atoms with Crippen LogP contribution in [0, 0.1) is 20.8 Å². The summed E-state index contributed by atoms with van der Waals surface area (Å²) in [5.41, 5.74) is 5.04. The van der Waals surface area contributed by atoms with E-state index in [0.717, 1.165) is 13.0 Å². The van der Waals surface area contributed by atoms with Crippen molar-refractivity contribution in [2.24, 2.45) is 0 Å². The summed E-state index contributed by atoms with van der Waals surface area (Å²) in [4.78, 5) is 0. The third-order valence-corrected chi connectivity index (χ3v) is 3.26. The summed E-state index contributed by atoms with van der Waals surface area (Å²) in [6.07, 6.45) is 3.00. The van der Waals surface area contributed by atoms with Crippen LogP contribution in [0.3, 0.4) is 0 Å². The minimum Gasteiger partial charge on any atom is -0.366 e. The van der Waals surface area contributed by atoms with Gasteiger partial charge in [0.25, 0.3) is 0 Å². The summed E-state index contributed by atoms with van der Waals surface area (Å²) in [7, 11) is 0. The normalized spacial score (nSPS) is 24.7. The van der Waals surface area contributed by atoms with E-state index in [0.29, 0.717) is 0 Å². The molecule has 0 spiro atoms. The Hall–Kier alpha value is -1.08. The van der Waals surface area contributed by atoms with Crippen LogP contribution in [0.25, 0.3) is 0 Å². The van der Waals surface area contributed by atoms with Crippen LogP contribution in [0.5, 0.6) is 0 Å². The molecule has 1 heteroatoms. The lowest BCUT2D eigenvalue weighted by atomic mass is 9.81. The molecule has 1 atom stereocenters. The molecule has 0 bridgehead atoms. The van der Waals surface area contributed by atoms with Crippen LogP contribution < -0.4 is 0 Å². The molecule has 1 saturated heterocycles. The van der Waals surface area contributed by atoms with Gasteiger partial charge in [-0.1, -0.05) is 30.4 Å². The van der Waals surface area contributed by atoms with Gasteiger partial charge in [0.1, 0.15) is 5.60 Å². The Labute approximate surface area is 91.8 Å². The second kappa shape index (κ2) is 3.49. The second-order valence-electron chi connectivity index (χ2n) is 4.47. The van der Waals surface area contributed by atoms with Crippen molar-refractivity contribution in [3.63, 3.8) is 0 Å². The van der Waals surface area contributed by atoms with Crippen LogP contribution in [-0.4, -0.2) is 6.61 Å². The average molecular weight is 202 g/mol. The van der Waals surface area contributed by atoms with Crippen molar-refractivity contribution in [1.29, 1.82) is 0 Å². The fraction of sp³-hybridized carbons (Fsp3) is 0.429. The minimum absolute atomic E-state index is 0.206. The van der Waals surface area contributed by atoms with Gasteiger partial charge in [-0.05, 0) is 37.5 Å². The summed E-state index contributed by atoms with van der Waals surface area (Å²) in [6, 6.07) is 4.44. The molecule has 80 valence electrons. The van der Waals surface area contributed by atoms with E-state index in [1.54, 1.807) is 0 Å². The van der Waals surface area contributed by atoms with E-state index in [-0.39, 0.29) is 5.60 Å². The molecule has 0 N–H and O–H groups in total. The molecule has 0 amide bonds. The third kappa shape index (κ3) is 1.51. The standard InChI is InChI=1S/C14H18O/c1-5-14(6-7-15-14)13-11(3)8-10(2)9-12(13)4/h5,8-9H,1,6-7H2,2-4H3. The van der Waals surface area contributed by atoms with Gasteiger partial charge in [-0.2, -0.15) is 0 Å². The fourth-order valence-corrected chi connectivity index (χ4v) is 2.63. The number of ether oxygens (including phenoxy) is 1. The first-order valence-electron chi connectivity index (χ1n) is 5.45. The lowest BCUT2D eigenvalue weighted by molar-refractivity contribution is -0.118. The Kier molecular flexibility index (Phi) is 2.43. The minimum atomic E-state index is -0.206. The highest BCUT2D eigenvalue weighted by Crippen LogP contribution is 2.41. The highest BCUT2D eigenvalue weighted by molar-refractivity contribution is 5.44. The molecule has 1 aromatic carbocycles. The lowest BCUT2D eigenvalue weighted by Crippen LogP contribution is -2.40. The molecule has 1 aliphatic rings. The molecule has 1 fully saturated rings. The molecular weight excluding hydrogens is 184 g/mol. The number of hydrogen-bond donors (Lipinski definition) is 0. The SMILES string of the molecule is C=CC1(c2c(C)cc(C)cc2C)CCO1. The summed E-state index contributed by atoms with van der Waals surface area (Å²) in [5, 5.41) is 0. The second-order valence-corrected chi connectivity index (χ2v) is 4.47. The molecule has 2 rings (SSSR count). The molecule has 0 saturated carbocycles. The van der Waals surface area contributed by atoms with Crippen molar-refractivity contribution in [2.45, 2.75) is 32.8 Å². The monoisotopic (exact) mass is 202 g/mol. The summed E-state index contributed by atoms with van der Waals surface area (Å²) in [5.74, 6) is 0. The van der Waals surface area contributed by atoms with E-state index in [1.165, 1.54) is 22.3 Å². The predicted octanol–water partition coefficient (Wildman–Crippen LogP) is 3.41. The van der Waals surface area contributed by atoms with Crippen LogP contribution in [0.1, 0.15) is 28.7 Å². The Bertz CT molecular complexity index is 377. The van der Waals surface area contributed by atoms with Crippen molar-refractivity contribution >= 4 is 0 Å². The summed E-state index contributed by atoms with van der Waals surface area (Å²) >= 11 is 0. The zero-order valence-corrected chi connectivity index (χ0v) is 9.76. The molecular formula is C14H18O. The van der Waals surface area contributed by atoms with Gasteiger partial charge in [0, 0.05) is 6.42 Å². The van der Waals surface area contributed by atoms with Gasteiger partial charge in [-0.15, -0.1) is 0 Å². The van der Waals surface area contributed by atoms with E-state index in [4.69, 9.17) is 4.74 Å². The maximum Gasteiger partial charge on any atom is 0.114 e. The Morgan fingerprint density at radius 3 is 2.13 bits per heavy atom. The zero-order chi connectivity index (χ0) is 11.1. The van der Waals surface area contributed by atoms with Gasteiger partial charge >= 0.3 is 0 Å². The summed E-state index contributed by atoms with van der Waals surface area (Å²) < 4.78 is 5.74. The maximum absolute atomic E-state index is 5.74. The first-order valence-corrected chi connectivity index (χ1v) is 5.45. The highest BCUT2D eigenvalue weighted by atomic mass is 16.5. The van der Waals surface area contributed by atoms with Crippen molar-refractivity contribution < 1.29 is 4.74 Å². The molecule has 1 aliphatic heterocycles.